The number of sulfonamides is 1. The second-order valence-corrected chi connectivity index (χ2v) is 8.14. The van der Waals surface area contributed by atoms with Crippen LogP contribution in [0.5, 0.6) is 0 Å². The van der Waals surface area contributed by atoms with Gasteiger partial charge < -0.3 is 10.6 Å². The van der Waals surface area contributed by atoms with Crippen molar-refractivity contribution in [1.29, 1.82) is 0 Å². The van der Waals surface area contributed by atoms with Gasteiger partial charge in [0, 0.05) is 11.4 Å². The molecule has 0 saturated heterocycles. The van der Waals surface area contributed by atoms with E-state index in [0.29, 0.717) is 5.69 Å². The topological polar surface area (TPSA) is 101 Å². The average Bonchev–Trinajstić information content (AvgIpc) is 2.61. The molecule has 1 aliphatic carbocycles. The first kappa shape index (κ1) is 18.4. The first-order chi connectivity index (χ1) is 12.3. The average molecular weight is 373 g/mol. The van der Waals surface area contributed by atoms with Crippen LogP contribution in [0.4, 0.5) is 11.4 Å². The Kier molecular flexibility index (Phi) is 5.29. The summed E-state index contributed by atoms with van der Waals surface area (Å²) < 4.78 is 22.6. The van der Waals surface area contributed by atoms with E-state index < -0.39 is 16.1 Å². The maximum absolute atomic E-state index is 12.5. The first-order valence-corrected chi connectivity index (χ1v) is 10.2. The number of carbonyl (C=O) groups is 1. The van der Waals surface area contributed by atoms with Gasteiger partial charge in [0.2, 0.25) is 15.9 Å². The summed E-state index contributed by atoms with van der Waals surface area (Å²) in [5.41, 5.74) is 4.18. The fraction of sp³-hybridized carbons (Fsp3) is 0.316. The number of fused-ring (bicyclic) bond motifs is 1. The van der Waals surface area contributed by atoms with Gasteiger partial charge in [-0.3, -0.25) is 4.79 Å². The van der Waals surface area contributed by atoms with Gasteiger partial charge in [0.25, 0.3) is 0 Å². The summed E-state index contributed by atoms with van der Waals surface area (Å²) in [7, 11) is -3.74. The molecule has 2 aromatic rings. The van der Waals surface area contributed by atoms with Crippen molar-refractivity contribution in [2.75, 3.05) is 10.6 Å². The molecule has 0 bridgehead atoms. The van der Waals surface area contributed by atoms with Crippen LogP contribution in [0.15, 0.2) is 47.4 Å². The predicted molar refractivity (Wildman–Crippen MR) is 103 cm³/mol. The Bertz CT molecular complexity index is 908. The number of hydrogen-bond acceptors (Lipinski definition) is 4. The molecular formula is C19H23N3O3S. The van der Waals surface area contributed by atoms with E-state index in [1.807, 2.05) is 12.1 Å². The lowest BCUT2D eigenvalue weighted by Gasteiger charge is -2.22. The molecule has 6 nitrogen and oxygen atoms in total. The van der Waals surface area contributed by atoms with Crippen LogP contribution in [0.2, 0.25) is 0 Å². The van der Waals surface area contributed by atoms with Crippen LogP contribution in [0.3, 0.4) is 0 Å². The highest BCUT2D eigenvalue weighted by molar-refractivity contribution is 7.89. The number of amides is 1. The summed E-state index contributed by atoms with van der Waals surface area (Å²) >= 11 is 0. The van der Waals surface area contributed by atoms with Crippen LogP contribution < -0.4 is 15.8 Å². The molecule has 0 fully saturated rings. The van der Waals surface area contributed by atoms with E-state index >= 15 is 0 Å². The number of nitrogens with one attached hydrogen (secondary N) is 2. The number of primary sulfonamides is 1. The minimum Gasteiger partial charge on any atom is -0.374 e. The van der Waals surface area contributed by atoms with E-state index in [1.54, 1.807) is 6.92 Å². The number of aryl methyl sites for hydroxylation is 1. The molecule has 3 rings (SSSR count). The van der Waals surface area contributed by atoms with Crippen LogP contribution >= 0.6 is 0 Å². The largest absolute Gasteiger partial charge is 0.374 e. The molecule has 7 heteroatoms. The fourth-order valence-electron chi connectivity index (χ4n) is 3.19. The van der Waals surface area contributed by atoms with Crippen molar-refractivity contribution >= 4 is 27.3 Å². The van der Waals surface area contributed by atoms with E-state index in [2.05, 4.69) is 16.7 Å². The van der Waals surface area contributed by atoms with Crippen LogP contribution in [0, 0.1) is 0 Å². The van der Waals surface area contributed by atoms with Crippen molar-refractivity contribution in [3.63, 3.8) is 0 Å². The van der Waals surface area contributed by atoms with Gasteiger partial charge in [-0.1, -0.05) is 12.1 Å². The van der Waals surface area contributed by atoms with Crippen molar-refractivity contribution < 1.29 is 13.2 Å². The van der Waals surface area contributed by atoms with E-state index in [1.165, 1.54) is 48.2 Å². The summed E-state index contributed by atoms with van der Waals surface area (Å²) in [6.45, 7) is 1.80. The molecule has 1 amide bonds. The summed E-state index contributed by atoms with van der Waals surface area (Å²) in [4.78, 5) is 12.5. The van der Waals surface area contributed by atoms with Crippen molar-refractivity contribution in [3.8, 4) is 0 Å². The Morgan fingerprint density at radius 2 is 1.77 bits per heavy atom. The smallest absolute Gasteiger partial charge is 0.246 e. The molecule has 26 heavy (non-hydrogen) atoms. The van der Waals surface area contributed by atoms with Crippen LogP contribution in [-0.4, -0.2) is 20.4 Å². The van der Waals surface area contributed by atoms with E-state index in [9.17, 15) is 13.2 Å². The van der Waals surface area contributed by atoms with Gasteiger partial charge >= 0.3 is 0 Å². The highest BCUT2D eigenvalue weighted by Crippen LogP contribution is 2.28. The molecule has 0 heterocycles. The Balaban J connectivity index is 1.67. The van der Waals surface area contributed by atoms with Crippen LogP contribution in [0.25, 0.3) is 0 Å². The highest BCUT2D eigenvalue weighted by atomic mass is 32.2. The van der Waals surface area contributed by atoms with Gasteiger partial charge in [0.15, 0.2) is 0 Å². The molecule has 0 saturated carbocycles. The van der Waals surface area contributed by atoms with Crippen molar-refractivity contribution in [2.24, 2.45) is 5.14 Å². The Labute approximate surface area is 153 Å². The standard InChI is InChI=1S/C19H23N3O3S/c1-13(21-18-8-4-6-14-5-2-3-7-17(14)18)19(23)22-15-9-11-16(12-10-15)26(20,24)25/h4,6,8-13,21H,2-3,5,7H2,1H3,(H,22,23)(H2,20,24,25). The molecule has 0 radical (unpaired) electrons. The maximum Gasteiger partial charge on any atom is 0.246 e. The summed E-state index contributed by atoms with van der Waals surface area (Å²) in [6, 6.07) is 11.5. The minimum atomic E-state index is -3.74. The molecule has 2 aromatic carbocycles. The molecule has 1 unspecified atom stereocenters. The van der Waals surface area contributed by atoms with Gasteiger partial charge in [0.1, 0.15) is 6.04 Å². The zero-order valence-corrected chi connectivity index (χ0v) is 15.5. The summed E-state index contributed by atoms with van der Waals surface area (Å²) in [5.74, 6) is -0.193. The monoisotopic (exact) mass is 373 g/mol. The SMILES string of the molecule is CC(Nc1cccc2c1CCCC2)C(=O)Nc1ccc(S(N)(=O)=O)cc1. The minimum absolute atomic E-state index is 0.0117. The lowest BCUT2D eigenvalue weighted by atomic mass is 9.90. The van der Waals surface area contributed by atoms with Gasteiger partial charge in [-0.15, -0.1) is 0 Å². The number of rotatable bonds is 5. The van der Waals surface area contributed by atoms with Gasteiger partial charge in [-0.25, -0.2) is 13.6 Å². The lowest BCUT2D eigenvalue weighted by molar-refractivity contribution is -0.116. The third-order valence-corrected chi connectivity index (χ3v) is 5.54. The number of hydrogen-bond donors (Lipinski definition) is 3. The molecule has 1 aliphatic rings. The molecule has 0 aliphatic heterocycles. The number of carbonyl (C=O) groups excluding carboxylic acids is 1. The lowest BCUT2D eigenvalue weighted by Crippen LogP contribution is -2.32. The second kappa shape index (κ2) is 7.47. The van der Waals surface area contributed by atoms with Crippen LogP contribution in [0.1, 0.15) is 30.9 Å². The van der Waals surface area contributed by atoms with E-state index in [-0.39, 0.29) is 10.8 Å². The van der Waals surface area contributed by atoms with E-state index in [0.717, 1.165) is 18.5 Å². The quantitative estimate of drug-likeness (QED) is 0.750. The van der Waals surface area contributed by atoms with Gasteiger partial charge in [0.05, 0.1) is 4.90 Å². The fourth-order valence-corrected chi connectivity index (χ4v) is 3.71. The predicted octanol–water partition coefficient (Wildman–Crippen LogP) is 2.65. The summed E-state index contributed by atoms with van der Waals surface area (Å²) in [6.07, 6.45) is 4.49. The first-order valence-electron chi connectivity index (χ1n) is 8.65. The normalized spacial score (nSPS) is 15.0. The van der Waals surface area contributed by atoms with E-state index in [4.69, 9.17) is 5.14 Å². The number of nitrogens with two attached hydrogens (primary N) is 1. The molecule has 138 valence electrons. The van der Waals surface area contributed by atoms with Crippen LogP contribution in [-0.2, 0) is 27.7 Å². The number of anilines is 2. The third kappa shape index (κ3) is 4.23. The van der Waals surface area contributed by atoms with Crippen molar-refractivity contribution in [1.82, 2.24) is 0 Å². The van der Waals surface area contributed by atoms with Gasteiger partial charge in [-0.05, 0) is 74.1 Å². The maximum atomic E-state index is 12.5. The van der Waals surface area contributed by atoms with Gasteiger partial charge in [-0.2, -0.15) is 0 Å². The molecule has 0 spiro atoms. The zero-order valence-electron chi connectivity index (χ0n) is 14.7. The molecular weight excluding hydrogens is 350 g/mol. The highest BCUT2D eigenvalue weighted by Gasteiger charge is 2.18. The molecule has 1 atom stereocenters. The molecule has 4 N–H and O–H groups in total. The second-order valence-electron chi connectivity index (χ2n) is 6.58. The Hall–Kier alpha value is -2.38. The van der Waals surface area contributed by atoms with Crippen molar-refractivity contribution in [2.45, 2.75) is 43.5 Å². The number of benzene rings is 2. The summed E-state index contributed by atoms with van der Waals surface area (Å²) in [5, 5.41) is 11.2. The molecule has 0 aromatic heterocycles. The Morgan fingerprint density at radius 1 is 1.08 bits per heavy atom. The zero-order chi connectivity index (χ0) is 18.7. The Morgan fingerprint density at radius 3 is 2.46 bits per heavy atom. The van der Waals surface area contributed by atoms with Crippen molar-refractivity contribution in [3.05, 3.63) is 53.6 Å². The third-order valence-electron chi connectivity index (χ3n) is 4.61.